The van der Waals surface area contributed by atoms with Crippen molar-refractivity contribution < 1.29 is 14.8 Å². The number of nitro groups is 1. The molecule has 1 aromatic carbocycles. The average Bonchev–Trinajstić information content (AvgIpc) is 2.27. The molecule has 0 fully saturated rings. The standard InChI is InChI=1S/C11H14N2O4S/c1-12(2)5-6-18-10-7-8(13(16)17)3-4-9(10)11(14)15/h3-4,7H,5-6H2,1-2H3,(H,14,15). The lowest BCUT2D eigenvalue weighted by Crippen LogP contribution is -2.15. The molecule has 0 aliphatic carbocycles. The Morgan fingerprint density at radius 1 is 1.50 bits per heavy atom. The number of thioether (sulfide) groups is 1. The van der Waals surface area contributed by atoms with Crippen LogP contribution in [0.15, 0.2) is 23.1 Å². The van der Waals surface area contributed by atoms with E-state index in [2.05, 4.69) is 0 Å². The lowest BCUT2D eigenvalue weighted by molar-refractivity contribution is -0.385. The second kappa shape index (κ2) is 6.36. The van der Waals surface area contributed by atoms with Crippen LogP contribution in [0.5, 0.6) is 0 Å². The molecule has 0 saturated heterocycles. The summed E-state index contributed by atoms with van der Waals surface area (Å²) in [6.45, 7) is 0.770. The third kappa shape index (κ3) is 4.01. The number of hydrogen-bond acceptors (Lipinski definition) is 5. The van der Waals surface area contributed by atoms with Crippen molar-refractivity contribution in [1.29, 1.82) is 0 Å². The average molecular weight is 270 g/mol. The van der Waals surface area contributed by atoms with Gasteiger partial charge in [-0.3, -0.25) is 10.1 Å². The SMILES string of the molecule is CN(C)CCSc1cc([N+](=O)[O-])ccc1C(=O)O. The van der Waals surface area contributed by atoms with Gasteiger partial charge in [0.15, 0.2) is 0 Å². The van der Waals surface area contributed by atoms with Crippen molar-refractivity contribution in [2.75, 3.05) is 26.4 Å². The Kier molecular flexibility index (Phi) is 5.11. The van der Waals surface area contributed by atoms with E-state index in [0.29, 0.717) is 10.6 Å². The largest absolute Gasteiger partial charge is 0.478 e. The molecule has 0 bridgehead atoms. The van der Waals surface area contributed by atoms with Gasteiger partial charge in [-0.05, 0) is 20.2 Å². The highest BCUT2D eigenvalue weighted by Gasteiger charge is 2.15. The zero-order valence-electron chi connectivity index (χ0n) is 10.1. The molecule has 0 spiro atoms. The summed E-state index contributed by atoms with van der Waals surface area (Å²) in [6.07, 6.45) is 0. The van der Waals surface area contributed by atoms with Gasteiger partial charge in [0, 0.05) is 29.3 Å². The van der Waals surface area contributed by atoms with Crippen LogP contribution in [0.2, 0.25) is 0 Å². The van der Waals surface area contributed by atoms with Crippen molar-refractivity contribution in [2.24, 2.45) is 0 Å². The molecule has 0 atom stereocenters. The minimum Gasteiger partial charge on any atom is -0.478 e. The number of nitrogens with zero attached hydrogens (tertiary/aromatic N) is 2. The first kappa shape index (κ1) is 14.5. The van der Waals surface area contributed by atoms with Crippen molar-refractivity contribution in [3.05, 3.63) is 33.9 Å². The lowest BCUT2D eigenvalue weighted by Gasteiger charge is -2.10. The zero-order valence-corrected chi connectivity index (χ0v) is 10.9. The topological polar surface area (TPSA) is 83.7 Å². The molecule has 0 amide bonds. The van der Waals surface area contributed by atoms with E-state index in [0.717, 1.165) is 6.54 Å². The minimum atomic E-state index is -1.07. The number of carbonyl (C=O) groups is 1. The van der Waals surface area contributed by atoms with Gasteiger partial charge in [-0.15, -0.1) is 11.8 Å². The van der Waals surface area contributed by atoms with Gasteiger partial charge < -0.3 is 10.0 Å². The van der Waals surface area contributed by atoms with Gasteiger partial charge in [0.25, 0.3) is 5.69 Å². The molecule has 0 aliphatic rings. The van der Waals surface area contributed by atoms with Crippen LogP contribution in [0.3, 0.4) is 0 Å². The monoisotopic (exact) mass is 270 g/mol. The highest BCUT2D eigenvalue weighted by Crippen LogP contribution is 2.27. The van der Waals surface area contributed by atoms with Crippen LogP contribution < -0.4 is 0 Å². The van der Waals surface area contributed by atoms with E-state index in [1.54, 1.807) is 0 Å². The second-order valence-corrected chi connectivity index (χ2v) is 5.03. The maximum atomic E-state index is 11.0. The van der Waals surface area contributed by atoms with Crippen LogP contribution in [0.25, 0.3) is 0 Å². The molecule has 6 nitrogen and oxygen atoms in total. The van der Waals surface area contributed by atoms with Gasteiger partial charge in [0.2, 0.25) is 0 Å². The molecule has 0 unspecified atom stereocenters. The van der Waals surface area contributed by atoms with E-state index in [9.17, 15) is 14.9 Å². The third-order valence-electron chi connectivity index (χ3n) is 2.20. The summed E-state index contributed by atoms with van der Waals surface area (Å²) in [5.74, 6) is -0.397. The van der Waals surface area contributed by atoms with E-state index in [4.69, 9.17) is 5.11 Å². The fraction of sp³-hybridized carbons (Fsp3) is 0.364. The zero-order chi connectivity index (χ0) is 13.7. The van der Waals surface area contributed by atoms with Crippen LogP contribution in [-0.2, 0) is 0 Å². The summed E-state index contributed by atoms with van der Waals surface area (Å²) < 4.78 is 0. The molecular formula is C11H14N2O4S. The van der Waals surface area contributed by atoms with Gasteiger partial charge in [-0.2, -0.15) is 0 Å². The summed E-state index contributed by atoms with van der Waals surface area (Å²) in [7, 11) is 3.82. The fourth-order valence-corrected chi connectivity index (χ4v) is 2.45. The van der Waals surface area contributed by atoms with E-state index in [1.807, 2.05) is 19.0 Å². The molecule has 0 aliphatic heterocycles. The highest BCUT2D eigenvalue weighted by atomic mass is 32.2. The predicted octanol–water partition coefficient (Wildman–Crippen LogP) is 1.95. The van der Waals surface area contributed by atoms with Crippen LogP contribution in [0, 0.1) is 10.1 Å². The quantitative estimate of drug-likeness (QED) is 0.483. The summed E-state index contributed by atoms with van der Waals surface area (Å²) in [5, 5.41) is 19.7. The third-order valence-corrected chi connectivity index (χ3v) is 3.24. The Hall–Kier alpha value is -1.60. The van der Waals surface area contributed by atoms with Gasteiger partial charge in [-0.25, -0.2) is 4.79 Å². The lowest BCUT2D eigenvalue weighted by atomic mass is 10.2. The van der Waals surface area contributed by atoms with E-state index >= 15 is 0 Å². The number of non-ortho nitro benzene ring substituents is 1. The molecule has 1 N–H and O–H groups in total. The number of rotatable bonds is 6. The van der Waals surface area contributed by atoms with Crippen molar-refractivity contribution in [1.82, 2.24) is 4.90 Å². The minimum absolute atomic E-state index is 0.0904. The van der Waals surface area contributed by atoms with Gasteiger partial charge in [0.1, 0.15) is 0 Å². The maximum Gasteiger partial charge on any atom is 0.336 e. The second-order valence-electron chi connectivity index (χ2n) is 3.89. The Bertz CT molecular complexity index is 462. The highest BCUT2D eigenvalue weighted by molar-refractivity contribution is 7.99. The smallest absolute Gasteiger partial charge is 0.336 e. The Labute approximate surface area is 109 Å². The number of benzene rings is 1. The Morgan fingerprint density at radius 2 is 2.17 bits per heavy atom. The summed E-state index contributed by atoms with van der Waals surface area (Å²) >= 11 is 1.31. The first-order valence-electron chi connectivity index (χ1n) is 5.21. The van der Waals surface area contributed by atoms with Crippen molar-refractivity contribution >= 4 is 23.4 Å². The normalized spacial score (nSPS) is 10.6. The molecule has 0 aromatic heterocycles. The van der Waals surface area contributed by atoms with E-state index in [1.165, 1.54) is 30.0 Å². The summed E-state index contributed by atoms with van der Waals surface area (Å²) in [4.78, 5) is 23.5. The fourth-order valence-electron chi connectivity index (χ4n) is 1.26. The molecule has 18 heavy (non-hydrogen) atoms. The van der Waals surface area contributed by atoms with Crippen molar-refractivity contribution in [3.8, 4) is 0 Å². The molecule has 1 rings (SSSR count). The number of carboxylic acids is 1. The maximum absolute atomic E-state index is 11.0. The summed E-state index contributed by atoms with van der Waals surface area (Å²) in [5.41, 5.74) is 0.0108. The van der Waals surface area contributed by atoms with Gasteiger partial charge >= 0.3 is 5.97 Å². The molecule has 0 saturated carbocycles. The molecule has 7 heteroatoms. The van der Waals surface area contributed by atoms with Crippen molar-refractivity contribution in [2.45, 2.75) is 4.90 Å². The number of aromatic carboxylic acids is 1. The first-order chi connectivity index (χ1) is 8.41. The molecule has 0 heterocycles. The predicted molar refractivity (Wildman–Crippen MR) is 69.3 cm³/mol. The molecule has 0 radical (unpaired) electrons. The molecular weight excluding hydrogens is 256 g/mol. The Morgan fingerprint density at radius 3 is 2.67 bits per heavy atom. The van der Waals surface area contributed by atoms with E-state index < -0.39 is 10.9 Å². The van der Waals surface area contributed by atoms with Crippen LogP contribution >= 0.6 is 11.8 Å². The molecule has 1 aromatic rings. The number of carboxylic acid groups (broad SMARTS) is 1. The molecule has 98 valence electrons. The van der Waals surface area contributed by atoms with Crippen LogP contribution in [0.4, 0.5) is 5.69 Å². The van der Waals surface area contributed by atoms with Crippen molar-refractivity contribution in [3.63, 3.8) is 0 Å². The Balaban J connectivity index is 2.93. The number of hydrogen-bond donors (Lipinski definition) is 1. The van der Waals surface area contributed by atoms with Crippen LogP contribution in [-0.4, -0.2) is 47.3 Å². The number of nitro benzene ring substituents is 1. The van der Waals surface area contributed by atoms with Crippen LogP contribution in [0.1, 0.15) is 10.4 Å². The summed E-state index contributed by atoms with van der Waals surface area (Å²) in [6, 6.07) is 3.79. The van der Waals surface area contributed by atoms with E-state index in [-0.39, 0.29) is 11.3 Å². The van der Waals surface area contributed by atoms with Gasteiger partial charge in [-0.1, -0.05) is 0 Å². The first-order valence-corrected chi connectivity index (χ1v) is 6.19. The van der Waals surface area contributed by atoms with Gasteiger partial charge in [0.05, 0.1) is 10.5 Å².